The fraction of sp³-hybridized carbons (Fsp3) is 0.556. The summed E-state index contributed by atoms with van der Waals surface area (Å²) in [7, 11) is 0. The molecule has 0 bridgehead atoms. The number of benzene rings is 1. The lowest BCUT2D eigenvalue weighted by molar-refractivity contribution is -0.139. The molecule has 0 spiro atoms. The van der Waals surface area contributed by atoms with E-state index in [0.717, 1.165) is 0 Å². The third-order valence-corrected chi connectivity index (χ3v) is 5.11. The van der Waals surface area contributed by atoms with Crippen LogP contribution in [0.5, 0.6) is 0 Å². The number of hydrogen-bond donors (Lipinski definition) is 2. The molecule has 25 heavy (non-hydrogen) atoms. The molecule has 138 valence electrons. The molecule has 1 aromatic rings. The molecular weight excluding hydrogens is 342 g/mol. The van der Waals surface area contributed by atoms with Gasteiger partial charge < -0.3 is 20.6 Å². The van der Waals surface area contributed by atoms with Crippen LogP contribution in [0.3, 0.4) is 0 Å². The predicted molar refractivity (Wildman–Crippen MR) is 97.5 cm³/mol. The molecule has 2 amide bonds. The van der Waals surface area contributed by atoms with E-state index in [2.05, 4.69) is 0 Å². The number of aliphatic hydroxyl groups is 1. The highest BCUT2D eigenvalue weighted by Crippen LogP contribution is 2.26. The zero-order chi connectivity index (χ0) is 17.1. The highest BCUT2D eigenvalue weighted by atomic mass is 35.5. The molecule has 1 saturated carbocycles. The summed E-state index contributed by atoms with van der Waals surface area (Å²) in [5, 5.41) is 9.70. The number of carbonyl (C=O) groups excluding carboxylic acids is 2. The van der Waals surface area contributed by atoms with E-state index in [-0.39, 0.29) is 36.2 Å². The van der Waals surface area contributed by atoms with Gasteiger partial charge in [-0.1, -0.05) is 18.2 Å². The van der Waals surface area contributed by atoms with Crippen LogP contribution in [0, 0.1) is 5.92 Å². The van der Waals surface area contributed by atoms with E-state index in [1.165, 1.54) is 0 Å². The van der Waals surface area contributed by atoms with E-state index in [0.29, 0.717) is 51.0 Å². The Kier molecular flexibility index (Phi) is 6.81. The molecular formula is C18H26ClN3O3. The minimum absolute atomic E-state index is 0. The van der Waals surface area contributed by atoms with Crippen molar-refractivity contribution < 1.29 is 14.7 Å². The van der Waals surface area contributed by atoms with E-state index >= 15 is 0 Å². The Balaban J connectivity index is 0.00000225. The number of nitrogens with zero attached hydrogens (tertiary/aromatic N) is 2. The standard InChI is InChI=1S/C18H25N3O3.ClH/c19-15-12-14(6-7-16(15)22)18(24)21-10-8-20(9-11-21)17(23)13-4-2-1-3-5-13;/h1-5,14-16,22H,6-12,19H2;1H/t14-,15+,16+;/m0./s1. The number of carbonyl (C=O) groups is 2. The number of halogens is 1. The van der Waals surface area contributed by atoms with Crippen LogP contribution < -0.4 is 5.73 Å². The fourth-order valence-corrected chi connectivity index (χ4v) is 3.57. The third kappa shape index (κ3) is 4.51. The zero-order valence-corrected chi connectivity index (χ0v) is 15.0. The molecule has 1 saturated heterocycles. The molecule has 1 heterocycles. The fourth-order valence-electron chi connectivity index (χ4n) is 3.57. The topological polar surface area (TPSA) is 86.9 Å². The van der Waals surface area contributed by atoms with E-state index in [9.17, 15) is 14.7 Å². The van der Waals surface area contributed by atoms with Gasteiger partial charge in [-0.15, -0.1) is 12.4 Å². The summed E-state index contributed by atoms with van der Waals surface area (Å²) in [5.41, 5.74) is 6.57. The maximum Gasteiger partial charge on any atom is 0.253 e. The highest BCUT2D eigenvalue weighted by Gasteiger charge is 2.34. The molecule has 3 atom stereocenters. The van der Waals surface area contributed by atoms with Crippen LogP contribution in [0.4, 0.5) is 0 Å². The second kappa shape index (κ2) is 8.65. The van der Waals surface area contributed by atoms with Crippen LogP contribution in [0.25, 0.3) is 0 Å². The lowest BCUT2D eigenvalue weighted by Gasteiger charge is -2.38. The SMILES string of the molecule is Cl.N[C@@H]1C[C@@H](C(=O)N2CCN(C(=O)c3ccccc3)CC2)CC[C@H]1O. The van der Waals surface area contributed by atoms with E-state index in [1.54, 1.807) is 4.90 Å². The second-order valence-electron chi connectivity index (χ2n) is 6.72. The number of nitrogens with two attached hydrogens (primary N) is 1. The molecule has 2 fully saturated rings. The summed E-state index contributed by atoms with van der Waals surface area (Å²) in [6, 6.07) is 8.91. The van der Waals surface area contributed by atoms with Crippen LogP contribution in [-0.2, 0) is 4.79 Å². The third-order valence-electron chi connectivity index (χ3n) is 5.11. The molecule has 0 radical (unpaired) electrons. The molecule has 1 aromatic carbocycles. The first-order valence-electron chi connectivity index (χ1n) is 8.63. The summed E-state index contributed by atoms with van der Waals surface area (Å²) in [5.74, 6) is 0.0365. The lowest BCUT2D eigenvalue weighted by Crippen LogP contribution is -2.53. The van der Waals surface area contributed by atoms with Gasteiger partial charge in [0.2, 0.25) is 5.91 Å². The van der Waals surface area contributed by atoms with Crippen molar-refractivity contribution in [2.75, 3.05) is 26.2 Å². The van der Waals surface area contributed by atoms with Crippen molar-refractivity contribution in [3.63, 3.8) is 0 Å². The number of piperazine rings is 1. The summed E-state index contributed by atoms with van der Waals surface area (Å²) in [6.45, 7) is 2.24. The van der Waals surface area contributed by atoms with Crippen molar-refractivity contribution in [3.8, 4) is 0 Å². The summed E-state index contributed by atoms with van der Waals surface area (Å²) < 4.78 is 0. The molecule has 0 aromatic heterocycles. The van der Waals surface area contributed by atoms with Gasteiger partial charge in [0.1, 0.15) is 0 Å². The van der Waals surface area contributed by atoms with Crippen molar-refractivity contribution in [3.05, 3.63) is 35.9 Å². The summed E-state index contributed by atoms with van der Waals surface area (Å²) in [4.78, 5) is 28.7. The van der Waals surface area contributed by atoms with Gasteiger partial charge in [0, 0.05) is 43.7 Å². The average Bonchev–Trinajstić information content (AvgIpc) is 2.63. The minimum Gasteiger partial charge on any atom is -0.392 e. The second-order valence-corrected chi connectivity index (χ2v) is 6.72. The molecule has 6 nitrogen and oxygen atoms in total. The number of rotatable bonds is 2. The van der Waals surface area contributed by atoms with E-state index in [4.69, 9.17) is 5.73 Å². The van der Waals surface area contributed by atoms with Gasteiger partial charge in [-0.05, 0) is 31.4 Å². The molecule has 3 rings (SSSR count). The number of amides is 2. The van der Waals surface area contributed by atoms with Crippen molar-refractivity contribution in [2.24, 2.45) is 11.7 Å². The van der Waals surface area contributed by atoms with Crippen molar-refractivity contribution in [1.29, 1.82) is 0 Å². The van der Waals surface area contributed by atoms with Gasteiger partial charge in [-0.25, -0.2) is 0 Å². The highest BCUT2D eigenvalue weighted by molar-refractivity contribution is 5.94. The minimum atomic E-state index is -0.491. The summed E-state index contributed by atoms with van der Waals surface area (Å²) in [6.07, 6.45) is 1.33. The first kappa shape index (κ1) is 19.7. The quantitative estimate of drug-likeness (QED) is 0.812. The Morgan fingerprint density at radius 1 is 1.00 bits per heavy atom. The Hall–Kier alpha value is -1.63. The van der Waals surface area contributed by atoms with Gasteiger partial charge in [-0.2, -0.15) is 0 Å². The van der Waals surface area contributed by atoms with Crippen LogP contribution in [0.15, 0.2) is 30.3 Å². The first-order valence-corrected chi connectivity index (χ1v) is 8.63. The zero-order valence-electron chi connectivity index (χ0n) is 14.2. The van der Waals surface area contributed by atoms with Gasteiger partial charge in [0.15, 0.2) is 0 Å². The lowest BCUT2D eigenvalue weighted by atomic mass is 9.83. The van der Waals surface area contributed by atoms with E-state index in [1.807, 2.05) is 35.2 Å². The molecule has 3 N–H and O–H groups in total. The van der Waals surface area contributed by atoms with Gasteiger partial charge >= 0.3 is 0 Å². The normalized spacial score (nSPS) is 26.7. The van der Waals surface area contributed by atoms with Gasteiger partial charge in [0.05, 0.1) is 6.10 Å². The molecule has 1 aliphatic heterocycles. The maximum absolute atomic E-state index is 12.6. The summed E-state index contributed by atoms with van der Waals surface area (Å²) >= 11 is 0. The van der Waals surface area contributed by atoms with Gasteiger partial charge in [0.25, 0.3) is 5.91 Å². The average molecular weight is 368 g/mol. The molecule has 2 aliphatic rings. The largest absolute Gasteiger partial charge is 0.392 e. The monoisotopic (exact) mass is 367 g/mol. The molecule has 0 unspecified atom stereocenters. The van der Waals surface area contributed by atoms with Crippen molar-refractivity contribution in [1.82, 2.24) is 9.80 Å². The number of aliphatic hydroxyl groups excluding tert-OH is 1. The Morgan fingerprint density at radius 2 is 1.60 bits per heavy atom. The number of hydrogen-bond acceptors (Lipinski definition) is 4. The smallest absolute Gasteiger partial charge is 0.253 e. The predicted octanol–water partition coefficient (Wildman–Crippen LogP) is 0.881. The van der Waals surface area contributed by atoms with E-state index < -0.39 is 6.10 Å². The Morgan fingerprint density at radius 3 is 2.20 bits per heavy atom. The first-order chi connectivity index (χ1) is 11.6. The van der Waals surface area contributed by atoms with Crippen molar-refractivity contribution >= 4 is 24.2 Å². The molecule has 7 heteroatoms. The van der Waals surface area contributed by atoms with Crippen LogP contribution in [0.2, 0.25) is 0 Å². The van der Waals surface area contributed by atoms with Crippen molar-refractivity contribution in [2.45, 2.75) is 31.4 Å². The Labute approximate surface area is 154 Å². The van der Waals surface area contributed by atoms with Crippen LogP contribution in [-0.4, -0.2) is 65.0 Å². The van der Waals surface area contributed by atoms with Gasteiger partial charge in [-0.3, -0.25) is 9.59 Å². The maximum atomic E-state index is 12.6. The van der Waals surface area contributed by atoms with Crippen LogP contribution in [0.1, 0.15) is 29.6 Å². The molecule has 1 aliphatic carbocycles. The van der Waals surface area contributed by atoms with Crippen LogP contribution >= 0.6 is 12.4 Å². The Bertz CT molecular complexity index is 590.